The molecule has 1 aromatic carbocycles. The first kappa shape index (κ1) is 14.6. The fourth-order valence-corrected chi connectivity index (χ4v) is 1.92. The fourth-order valence-electron chi connectivity index (χ4n) is 1.92. The van der Waals surface area contributed by atoms with Crippen LogP contribution in [0.3, 0.4) is 0 Å². The molecule has 0 saturated carbocycles. The molecule has 0 fully saturated rings. The average molecular weight is 311 g/mol. The highest BCUT2D eigenvalue weighted by molar-refractivity contribution is 6.04. The number of nitrogens with zero attached hydrogens (tertiary/aromatic N) is 1. The number of oxazole rings is 1. The summed E-state index contributed by atoms with van der Waals surface area (Å²) in [4.78, 5) is 27.8. The summed E-state index contributed by atoms with van der Waals surface area (Å²) < 4.78 is 10.0. The lowest BCUT2D eigenvalue weighted by Gasteiger charge is -2.03. The van der Waals surface area contributed by atoms with Crippen LogP contribution >= 0.6 is 0 Å². The van der Waals surface area contributed by atoms with Gasteiger partial charge in [0.25, 0.3) is 11.8 Å². The van der Waals surface area contributed by atoms with Gasteiger partial charge in [0.1, 0.15) is 6.26 Å². The van der Waals surface area contributed by atoms with E-state index in [1.807, 2.05) is 25.1 Å². The number of hydrogen-bond donors (Lipinski definition) is 2. The van der Waals surface area contributed by atoms with Crippen molar-refractivity contribution in [3.63, 3.8) is 0 Å². The smallest absolute Gasteiger partial charge is 0.302 e. The van der Waals surface area contributed by atoms with Crippen LogP contribution in [0.5, 0.6) is 0 Å². The molecule has 23 heavy (non-hydrogen) atoms. The number of hydrogen-bond acceptors (Lipinski definition) is 5. The number of aryl methyl sites for hydroxylation is 1. The zero-order valence-corrected chi connectivity index (χ0v) is 12.2. The molecule has 0 unspecified atom stereocenters. The highest BCUT2D eigenvalue weighted by atomic mass is 16.4. The standard InChI is InChI=1S/C16H13N3O4/c1-10-4-2-5-11(8-10)17-14(20)12-9-23-16(18-12)19-15(21)13-6-3-7-22-13/h2-9H,1H3,(H,17,20)(H,18,19,21). The number of rotatable bonds is 4. The Morgan fingerprint density at radius 3 is 2.65 bits per heavy atom. The van der Waals surface area contributed by atoms with Crippen LogP contribution in [0.15, 0.2) is 57.8 Å². The van der Waals surface area contributed by atoms with Gasteiger partial charge in [-0.15, -0.1) is 0 Å². The summed E-state index contributed by atoms with van der Waals surface area (Å²) in [5.74, 6) is -0.825. The van der Waals surface area contributed by atoms with Crippen LogP contribution in [0.1, 0.15) is 26.6 Å². The van der Waals surface area contributed by atoms with E-state index in [9.17, 15) is 9.59 Å². The first-order chi connectivity index (χ1) is 11.1. The largest absolute Gasteiger partial charge is 0.459 e. The van der Waals surface area contributed by atoms with Gasteiger partial charge in [-0.3, -0.25) is 14.9 Å². The predicted octanol–water partition coefficient (Wildman–Crippen LogP) is 3.08. The molecule has 2 N–H and O–H groups in total. The van der Waals surface area contributed by atoms with Crippen molar-refractivity contribution in [2.75, 3.05) is 10.6 Å². The molecular formula is C16H13N3O4. The summed E-state index contributed by atoms with van der Waals surface area (Å²) in [6, 6.07) is 10.4. The first-order valence-corrected chi connectivity index (χ1v) is 6.80. The molecule has 2 aromatic heterocycles. The minimum absolute atomic E-state index is 0.0567. The van der Waals surface area contributed by atoms with Crippen molar-refractivity contribution in [2.24, 2.45) is 0 Å². The molecular weight excluding hydrogens is 298 g/mol. The van der Waals surface area contributed by atoms with Crippen LogP contribution in [-0.4, -0.2) is 16.8 Å². The van der Waals surface area contributed by atoms with Gasteiger partial charge in [-0.05, 0) is 36.8 Å². The Balaban J connectivity index is 1.66. The molecule has 7 nitrogen and oxygen atoms in total. The number of amides is 2. The van der Waals surface area contributed by atoms with Crippen molar-refractivity contribution in [2.45, 2.75) is 6.92 Å². The number of benzene rings is 1. The Morgan fingerprint density at radius 2 is 1.91 bits per heavy atom. The second-order valence-electron chi connectivity index (χ2n) is 4.79. The maximum atomic E-state index is 12.1. The molecule has 0 aliphatic rings. The van der Waals surface area contributed by atoms with E-state index < -0.39 is 11.8 Å². The molecule has 7 heteroatoms. The molecule has 3 aromatic rings. The van der Waals surface area contributed by atoms with Gasteiger partial charge in [0.2, 0.25) is 0 Å². The van der Waals surface area contributed by atoms with Gasteiger partial charge in [0, 0.05) is 5.69 Å². The van der Waals surface area contributed by atoms with E-state index in [-0.39, 0.29) is 17.5 Å². The van der Waals surface area contributed by atoms with E-state index in [2.05, 4.69) is 15.6 Å². The Hall–Kier alpha value is -3.35. The molecule has 0 radical (unpaired) electrons. The van der Waals surface area contributed by atoms with Crippen molar-refractivity contribution in [1.82, 2.24) is 4.98 Å². The Kier molecular flexibility index (Phi) is 3.92. The van der Waals surface area contributed by atoms with Crippen molar-refractivity contribution >= 4 is 23.5 Å². The summed E-state index contributed by atoms with van der Waals surface area (Å²) in [5.41, 5.74) is 1.73. The molecule has 2 amide bonds. The maximum absolute atomic E-state index is 12.1. The molecule has 0 aliphatic heterocycles. The monoisotopic (exact) mass is 311 g/mol. The number of aromatic nitrogens is 1. The van der Waals surface area contributed by atoms with Crippen LogP contribution < -0.4 is 10.6 Å². The van der Waals surface area contributed by atoms with Crippen molar-refractivity contribution < 1.29 is 18.4 Å². The highest BCUT2D eigenvalue weighted by Gasteiger charge is 2.16. The van der Waals surface area contributed by atoms with Gasteiger partial charge >= 0.3 is 6.01 Å². The minimum atomic E-state index is -0.512. The van der Waals surface area contributed by atoms with E-state index in [0.717, 1.165) is 5.56 Å². The number of furan rings is 1. The van der Waals surface area contributed by atoms with Gasteiger partial charge in [-0.1, -0.05) is 12.1 Å². The van der Waals surface area contributed by atoms with Gasteiger partial charge in [-0.25, -0.2) is 0 Å². The summed E-state index contributed by atoms with van der Waals surface area (Å²) in [6.07, 6.45) is 2.55. The van der Waals surface area contributed by atoms with E-state index >= 15 is 0 Å². The Bertz CT molecular complexity index is 837. The number of carbonyl (C=O) groups excluding carboxylic acids is 2. The van der Waals surface area contributed by atoms with Crippen molar-refractivity contribution in [3.05, 3.63) is 65.9 Å². The van der Waals surface area contributed by atoms with Crippen molar-refractivity contribution in [3.8, 4) is 0 Å². The average Bonchev–Trinajstić information content (AvgIpc) is 3.18. The normalized spacial score (nSPS) is 10.3. The summed E-state index contributed by atoms with van der Waals surface area (Å²) >= 11 is 0. The van der Waals surface area contributed by atoms with Gasteiger partial charge in [0.05, 0.1) is 6.26 Å². The molecule has 2 heterocycles. The molecule has 0 bridgehead atoms. The van der Waals surface area contributed by atoms with Gasteiger partial charge in [-0.2, -0.15) is 4.98 Å². The zero-order chi connectivity index (χ0) is 16.2. The molecule has 0 atom stereocenters. The van der Waals surface area contributed by atoms with Gasteiger partial charge in [0.15, 0.2) is 11.5 Å². The lowest BCUT2D eigenvalue weighted by atomic mass is 10.2. The lowest BCUT2D eigenvalue weighted by molar-refractivity contribution is 0.0990. The number of carbonyl (C=O) groups is 2. The van der Waals surface area contributed by atoms with Crippen LogP contribution in [-0.2, 0) is 0 Å². The Morgan fingerprint density at radius 1 is 1.04 bits per heavy atom. The quantitative estimate of drug-likeness (QED) is 0.771. The molecule has 0 aliphatic carbocycles. The molecule has 0 saturated heterocycles. The van der Waals surface area contributed by atoms with Crippen LogP contribution in [0.4, 0.5) is 11.7 Å². The molecule has 0 spiro atoms. The van der Waals surface area contributed by atoms with E-state index in [1.54, 1.807) is 12.1 Å². The van der Waals surface area contributed by atoms with E-state index in [0.29, 0.717) is 5.69 Å². The second kappa shape index (κ2) is 6.18. The highest BCUT2D eigenvalue weighted by Crippen LogP contribution is 2.14. The summed E-state index contributed by atoms with van der Waals surface area (Å²) in [5, 5.41) is 5.10. The lowest BCUT2D eigenvalue weighted by Crippen LogP contribution is -2.14. The second-order valence-corrected chi connectivity index (χ2v) is 4.79. The number of nitrogens with one attached hydrogen (secondary N) is 2. The summed E-state index contributed by atoms with van der Waals surface area (Å²) in [7, 11) is 0. The molecule has 116 valence electrons. The minimum Gasteiger partial charge on any atom is -0.459 e. The van der Waals surface area contributed by atoms with E-state index in [4.69, 9.17) is 8.83 Å². The third kappa shape index (κ3) is 3.46. The third-order valence-corrected chi connectivity index (χ3v) is 2.98. The predicted molar refractivity (Wildman–Crippen MR) is 82.3 cm³/mol. The fraction of sp³-hybridized carbons (Fsp3) is 0.0625. The van der Waals surface area contributed by atoms with E-state index in [1.165, 1.54) is 18.6 Å². The summed E-state index contributed by atoms with van der Waals surface area (Å²) in [6.45, 7) is 1.92. The first-order valence-electron chi connectivity index (χ1n) is 6.80. The topological polar surface area (TPSA) is 97.4 Å². The maximum Gasteiger partial charge on any atom is 0.302 e. The zero-order valence-electron chi connectivity index (χ0n) is 12.2. The van der Waals surface area contributed by atoms with Crippen molar-refractivity contribution in [1.29, 1.82) is 0 Å². The van der Waals surface area contributed by atoms with Crippen LogP contribution in [0.25, 0.3) is 0 Å². The molecule has 3 rings (SSSR count). The number of anilines is 2. The van der Waals surface area contributed by atoms with Crippen LogP contribution in [0.2, 0.25) is 0 Å². The van der Waals surface area contributed by atoms with Crippen LogP contribution in [0, 0.1) is 6.92 Å². The third-order valence-electron chi connectivity index (χ3n) is 2.98. The van der Waals surface area contributed by atoms with Gasteiger partial charge < -0.3 is 14.2 Å². The SMILES string of the molecule is Cc1cccc(NC(=O)c2coc(NC(=O)c3ccco3)n2)c1. The Labute approximate surface area is 131 Å².